The summed E-state index contributed by atoms with van der Waals surface area (Å²) in [6, 6.07) is 11.5. The topological polar surface area (TPSA) is 85.2 Å². The lowest BCUT2D eigenvalue weighted by Crippen LogP contribution is -2.36. The minimum atomic E-state index is -4.55. The molecule has 2 aliphatic heterocycles. The van der Waals surface area contributed by atoms with Crippen molar-refractivity contribution >= 4 is 17.8 Å². The van der Waals surface area contributed by atoms with Crippen LogP contribution in [-0.4, -0.2) is 58.9 Å². The maximum absolute atomic E-state index is 13.2. The summed E-state index contributed by atoms with van der Waals surface area (Å²) >= 11 is 0. The number of carbonyl (C=O) groups excluding carboxylic acids is 1. The number of amidine groups is 1. The Hall–Kier alpha value is -3.56. The van der Waals surface area contributed by atoms with Gasteiger partial charge in [-0.25, -0.2) is 4.79 Å². The van der Waals surface area contributed by atoms with Gasteiger partial charge in [-0.2, -0.15) is 13.2 Å². The highest BCUT2D eigenvalue weighted by molar-refractivity contribution is 5.85. The van der Waals surface area contributed by atoms with Gasteiger partial charge in [0, 0.05) is 32.6 Å². The summed E-state index contributed by atoms with van der Waals surface area (Å²) in [5, 5.41) is 12.7. The van der Waals surface area contributed by atoms with Gasteiger partial charge in [0.15, 0.2) is 0 Å². The highest BCUT2D eigenvalue weighted by Gasteiger charge is 2.37. The first-order valence-electron chi connectivity index (χ1n) is 12.0. The molecule has 2 aromatic rings. The zero-order valence-electron chi connectivity index (χ0n) is 19.8. The first-order chi connectivity index (χ1) is 17.2. The van der Waals surface area contributed by atoms with Crippen molar-refractivity contribution in [1.29, 1.82) is 0 Å². The van der Waals surface area contributed by atoms with Gasteiger partial charge in [0.2, 0.25) is 0 Å². The molecule has 2 heterocycles. The number of unbranched alkanes of at least 4 members (excludes halogenated alkanes) is 1. The van der Waals surface area contributed by atoms with E-state index in [0.717, 1.165) is 43.8 Å². The van der Waals surface area contributed by atoms with Crippen LogP contribution in [0.2, 0.25) is 0 Å². The smallest absolute Gasteiger partial charge is 0.416 e. The van der Waals surface area contributed by atoms with Crippen LogP contribution in [0.25, 0.3) is 0 Å². The molecule has 2 aliphatic rings. The number of urea groups is 1. The Balaban J connectivity index is 1.29. The molecule has 36 heavy (non-hydrogen) atoms. The first kappa shape index (κ1) is 25.5. The molecule has 0 saturated carbocycles. The molecule has 1 saturated heterocycles. The van der Waals surface area contributed by atoms with E-state index in [9.17, 15) is 27.9 Å². The Labute approximate surface area is 207 Å². The number of halogens is 3. The second-order valence-electron chi connectivity index (χ2n) is 9.04. The molecule has 1 unspecified atom stereocenters. The summed E-state index contributed by atoms with van der Waals surface area (Å²) < 4.78 is 39.5. The number of nitrogens with one attached hydrogen (secondary N) is 1. The van der Waals surface area contributed by atoms with E-state index in [4.69, 9.17) is 0 Å². The zero-order valence-corrected chi connectivity index (χ0v) is 19.8. The number of hydrogen-bond acceptors (Lipinski definition) is 4. The molecule has 1 atom stereocenters. The summed E-state index contributed by atoms with van der Waals surface area (Å²) in [7, 11) is 0. The Morgan fingerprint density at radius 3 is 2.61 bits per heavy atom. The van der Waals surface area contributed by atoms with Crippen LogP contribution < -0.4 is 5.32 Å². The van der Waals surface area contributed by atoms with E-state index in [2.05, 4.69) is 22.4 Å². The van der Waals surface area contributed by atoms with Crippen molar-refractivity contribution in [3.05, 3.63) is 70.8 Å². The van der Waals surface area contributed by atoms with Crippen LogP contribution in [0.5, 0.6) is 0 Å². The van der Waals surface area contributed by atoms with Gasteiger partial charge < -0.3 is 20.2 Å². The highest BCUT2D eigenvalue weighted by atomic mass is 19.4. The molecule has 4 rings (SSSR count). The number of carboxylic acids is 1. The molecule has 1 fully saturated rings. The van der Waals surface area contributed by atoms with Crippen LogP contribution in [0.15, 0.2) is 53.5 Å². The van der Waals surface area contributed by atoms with Crippen LogP contribution in [-0.2, 0) is 23.9 Å². The third-order valence-corrected chi connectivity index (χ3v) is 6.57. The van der Waals surface area contributed by atoms with Crippen molar-refractivity contribution in [1.82, 2.24) is 15.1 Å². The fraction of sp³-hybridized carbons (Fsp3) is 0.423. The Bertz CT molecular complexity index is 1140. The summed E-state index contributed by atoms with van der Waals surface area (Å²) in [6.07, 6.45) is -2.68. The van der Waals surface area contributed by atoms with Crippen LogP contribution in [0.4, 0.5) is 18.0 Å². The van der Waals surface area contributed by atoms with Gasteiger partial charge in [0.1, 0.15) is 5.84 Å². The van der Waals surface area contributed by atoms with Gasteiger partial charge in [-0.05, 0) is 41.7 Å². The maximum atomic E-state index is 13.2. The van der Waals surface area contributed by atoms with E-state index < -0.39 is 30.2 Å². The van der Waals surface area contributed by atoms with E-state index in [-0.39, 0.29) is 18.1 Å². The van der Waals surface area contributed by atoms with Crippen LogP contribution >= 0.6 is 0 Å². The Kier molecular flexibility index (Phi) is 7.81. The number of nitrogens with zero attached hydrogens (tertiary/aromatic N) is 3. The molecule has 2 amide bonds. The van der Waals surface area contributed by atoms with Crippen LogP contribution in [0, 0.1) is 0 Å². The minimum Gasteiger partial charge on any atom is -0.481 e. The summed E-state index contributed by atoms with van der Waals surface area (Å²) in [4.78, 5) is 32.1. The molecule has 0 radical (unpaired) electrons. The SMILES string of the molecule is O=C(O)CC(c1cccc(C(F)(F)F)c1)N1CCN(CCCCNC2=NCc3ccccc3C2)C1=O. The number of amides is 2. The third-order valence-electron chi connectivity index (χ3n) is 6.57. The zero-order chi connectivity index (χ0) is 25.7. The number of rotatable bonds is 9. The Morgan fingerprint density at radius 1 is 1.08 bits per heavy atom. The lowest BCUT2D eigenvalue weighted by Gasteiger charge is -2.28. The van der Waals surface area contributed by atoms with Crippen LogP contribution in [0.1, 0.15) is 47.6 Å². The number of aliphatic carboxylic acids is 1. The first-order valence-corrected chi connectivity index (χ1v) is 12.0. The second-order valence-corrected chi connectivity index (χ2v) is 9.04. The summed E-state index contributed by atoms with van der Waals surface area (Å²) in [5.41, 5.74) is 1.82. The molecule has 0 spiro atoms. The number of fused-ring (bicyclic) bond motifs is 1. The van der Waals surface area contributed by atoms with Crippen molar-refractivity contribution in [2.24, 2.45) is 4.99 Å². The van der Waals surface area contributed by atoms with Crippen molar-refractivity contribution in [3.8, 4) is 0 Å². The van der Waals surface area contributed by atoms with Gasteiger partial charge >= 0.3 is 18.2 Å². The van der Waals surface area contributed by atoms with E-state index >= 15 is 0 Å². The van der Waals surface area contributed by atoms with Gasteiger partial charge in [-0.15, -0.1) is 0 Å². The molecule has 192 valence electrons. The van der Waals surface area contributed by atoms with Crippen molar-refractivity contribution in [2.75, 3.05) is 26.2 Å². The van der Waals surface area contributed by atoms with Gasteiger partial charge in [0.25, 0.3) is 0 Å². The lowest BCUT2D eigenvalue weighted by molar-refractivity contribution is -0.138. The summed E-state index contributed by atoms with van der Waals surface area (Å²) in [5.74, 6) is -0.224. The molecular weight excluding hydrogens is 473 g/mol. The van der Waals surface area contributed by atoms with Gasteiger partial charge in [-0.1, -0.05) is 36.4 Å². The molecule has 0 aromatic heterocycles. The predicted octanol–water partition coefficient (Wildman–Crippen LogP) is 4.48. The maximum Gasteiger partial charge on any atom is 0.416 e. The highest BCUT2D eigenvalue weighted by Crippen LogP contribution is 2.34. The second kappa shape index (κ2) is 11.0. The van der Waals surface area contributed by atoms with E-state index in [1.165, 1.54) is 28.2 Å². The van der Waals surface area contributed by atoms with Gasteiger partial charge in [-0.3, -0.25) is 9.79 Å². The van der Waals surface area contributed by atoms with Crippen molar-refractivity contribution in [2.45, 2.75) is 44.4 Å². The average molecular weight is 503 g/mol. The predicted molar refractivity (Wildman–Crippen MR) is 129 cm³/mol. The van der Waals surface area contributed by atoms with Gasteiger partial charge in [0.05, 0.1) is 24.6 Å². The third kappa shape index (κ3) is 6.16. The fourth-order valence-electron chi connectivity index (χ4n) is 4.67. The van der Waals surface area contributed by atoms with Crippen molar-refractivity contribution in [3.63, 3.8) is 0 Å². The quantitative estimate of drug-likeness (QED) is 0.495. The number of carboxylic acid groups (broad SMARTS) is 1. The monoisotopic (exact) mass is 502 g/mol. The molecular formula is C26H29F3N4O3. The largest absolute Gasteiger partial charge is 0.481 e. The normalized spacial score (nSPS) is 16.5. The Morgan fingerprint density at radius 2 is 1.86 bits per heavy atom. The molecule has 0 bridgehead atoms. The lowest BCUT2D eigenvalue weighted by atomic mass is 10.00. The van der Waals surface area contributed by atoms with Crippen molar-refractivity contribution < 1.29 is 27.9 Å². The number of benzene rings is 2. The number of alkyl halides is 3. The van der Waals surface area contributed by atoms with E-state index in [1.54, 1.807) is 4.90 Å². The number of aliphatic imine (C=N–C) groups is 1. The summed E-state index contributed by atoms with van der Waals surface area (Å²) in [6.45, 7) is 2.56. The van der Waals surface area contributed by atoms with Crippen LogP contribution in [0.3, 0.4) is 0 Å². The molecule has 10 heteroatoms. The average Bonchev–Trinajstić information content (AvgIpc) is 3.21. The van der Waals surface area contributed by atoms with E-state index in [0.29, 0.717) is 19.6 Å². The minimum absolute atomic E-state index is 0.168. The molecule has 2 N–H and O–H groups in total. The molecule has 0 aliphatic carbocycles. The number of carbonyl (C=O) groups is 2. The van der Waals surface area contributed by atoms with E-state index in [1.807, 2.05) is 12.1 Å². The fourth-order valence-corrected chi connectivity index (χ4v) is 4.67. The number of hydrogen-bond donors (Lipinski definition) is 2. The molecule has 2 aromatic carbocycles. The standard InChI is InChI=1S/C26H29F3N4O3/c27-26(28,29)21-9-5-8-19(14-21)22(16-24(34)35)33-13-12-32(25(33)36)11-4-3-10-30-23-15-18-6-1-2-7-20(18)17-31-23/h1-2,5-9,14,22H,3-4,10-13,15-17H2,(H,30,31)(H,34,35). The molecule has 7 nitrogen and oxygen atoms in total.